The molecule has 1 heterocycles. The summed E-state index contributed by atoms with van der Waals surface area (Å²) < 4.78 is 0. The van der Waals surface area contributed by atoms with Crippen LogP contribution in [-0.4, -0.2) is 30.6 Å². The second-order valence-electron chi connectivity index (χ2n) is 2.88. The lowest BCUT2D eigenvalue weighted by Crippen LogP contribution is -2.43. The van der Waals surface area contributed by atoms with Gasteiger partial charge in [0.15, 0.2) is 0 Å². The molecule has 1 radical (unpaired) electrons. The predicted molar refractivity (Wildman–Crippen MR) is 43.6 cm³/mol. The van der Waals surface area contributed by atoms with E-state index < -0.39 is 0 Å². The van der Waals surface area contributed by atoms with Gasteiger partial charge in [-0.2, -0.15) is 0 Å². The second kappa shape index (κ2) is 3.94. The van der Waals surface area contributed by atoms with E-state index in [2.05, 4.69) is 30.6 Å². The standard InChI is InChI=1S/C8H17N2/c1-3-8(2)10-6-4-9-5-7-10/h6,8-9H,3-5,7H2,1-2H3. The van der Waals surface area contributed by atoms with Gasteiger partial charge < -0.3 is 5.32 Å². The Bertz CT molecular complexity index is 87.3. The average Bonchev–Trinajstić information content (AvgIpc) is 2.05. The Morgan fingerprint density at radius 1 is 1.70 bits per heavy atom. The summed E-state index contributed by atoms with van der Waals surface area (Å²) in [4.78, 5) is 2.43. The van der Waals surface area contributed by atoms with Crippen LogP contribution in [0.4, 0.5) is 0 Å². The van der Waals surface area contributed by atoms with Crippen molar-refractivity contribution in [3.8, 4) is 0 Å². The number of piperazine rings is 1. The smallest absolute Gasteiger partial charge is 0.0392 e. The minimum absolute atomic E-state index is 0.724. The van der Waals surface area contributed by atoms with Crippen molar-refractivity contribution in [2.24, 2.45) is 0 Å². The van der Waals surface area contributed by atoms with Crippen molar-refractivity contribution >= 4 is 0 Å². The maximum absolute atomic E-state index is 3.30. The quantitative estimate of drug-likeness (QED) is 0.613. The lowest BCUT2D eigenvalue weighted by Gasteiger charge is -2.31. The molecule has 1 atom stereocenters. The van der Waals surface area contributed by atoms with Crippen LogP contribution in [0.25, 0.3) is 0 Å². The normalized spacial score (nSPS) is 24.6. The lowest BCUT2D eigenvalue weighted by atomic mass is 10.2. The van der Waals surface area contributed by atoms with Crippen LogP contribution in [0.15, 0.2) is 0 Å². The van der Waals surface area contributed by atoms with Gasteiger partial charge in [0, 0.05) is 32.2 Å². The summed E-state index contributed by atoms with van der Waals surface area (Å²) in [6.45, 7) is 10.1. The molecule has 1 N–H and O–H groups in total. The first-order valence-electron chi connectivity index (χ1n) is 4.14. The van der Waals surface area contributed by atoms with E-state index in [0.717, 1.165) is 19.1 Å². The molecule has 1 aliphatic rings. The molecule has 1 unspecified atom stereocenters. The van der Waals surface area contributed by atoms with Gasteiger partial charge >= 0.3 is 0 Å². The SMILES string of the molecule is CCC(C)N1[CH]CNCC1. The molecule has 0 saturated carbocycles. The Morgan fingerprint density at radius 2 is 2.50 bits per heavy atom. The Kier molecular flexibility index (Phi) is 3.16. The fraction of sp³-hybridized carbons (Fsp3) is 0.875. The number of nitrogens with zero attached hydrogens (tertiary/aromatic N) is 1. The molecule has 0 aromatic heterocycles. The van der Waals surface area contributed by atoms with Crippen molar-refractivity contribution in [3.05, 3.63) is 6.54 Å². The van der Waals surface area contributed by atoms with Crippen LogP contribution in [-0.2, 0) is 0 Å². The molecule has 0 bridgehead atoms. The third kappa shape index (κ3) is 1.96. The van der Waals surface area contributed by atoms with Crippen LogP contribution in [0.1, 0.15) is 20.3 Å². The minimum Gasteiger partial charge on any atom is -0.314 e. The fourth-order valence-corrected chi connectivity index (χ4v) is 1.22. The molecule has 0 amide bonds. The van der Waals surface area contributed by atoms with E-state index in [-0.39, 0.29) is 0 Å². The third-order valence-corrected chi connectivity index (χ3v) is 2.17. The number of hydrogen-bond acceptors (Lipinski definition) is 2. The minimum atomic E-state index is 0.724. The zero-order valence-corrected chi connectivity index (χ0v) is 6.93. The van der Waals surface area contributed by atoms with Gasteiger partial charge in [-0.1, -0.05) is 6.92 Å². The maximum atomic E-state index is 3.30. The summed E-state index contributed by atoms with van der Waals surface area (Å²) in [5.41, 5.74) is 0. The highest BCUT2D eigenvalue weighted by atomic mass is 15.2. The average molecular weight is 141 g/mol. The third-order valence-electron chi connectivity index (χ3n) is 2.17. The van der Waals surface area contributed by atoms with Crippen LogP contribution < -0.4 is 5.32 Å². The van der Waals surface area contributed by atoms with Gasteiger partial charge in [-0.3, -0.25) is 4.90 Å². The van der Waals surface area contributed by atoms with E-state index in [1.54, 1.807) is 0 Å². The highest BCUT2D eigenvalue weighted by molar-refractivity contribution is 4.80. The first-order valence-corrected chi connectivity index (χ1v) is 4.14. The predicted octanol–water partition coefficient (Wildman–Crippen LogP) is 0.852. The largest absolute Gasteiger partial charge is 0.314 e. The molecule has 1 rings (SSSR count). The summed E-state index contributed by atoms with van der Waals surface area (Å²) in [7, 11) is 0. The van der Waals surface area contributed by atoms with Gasteiger partial charge in [0.25, 0.3) is 0 Å². The molecule has 0 aliphatic carbocycles. The lowest BCUT2D eigenvalue weighted by molar-refractivity contribution is 0.225. The van der Waals surface area contributed by atoms with Gasteiger partial charge in [-0.05, 0) is 13.3 Å². The van der Waals surface area contributed by atoms with Crippen molar-refractivity contribution in [3.63, 3.8) is 0 Å². The van der Waals surface area contributed by atoms with Crippen LogP contribution in [0.5, 0.6) is 0 Å². The van der Waals surface area contributed by atoms with E-state index in [1.165, 1.54) is 13.0 Å². The topological polar surface area (TPSA) is 15.3 Å². The van der Waals surface area contributed by atoms with Crippen molar-refractivity contribution in [2.45, 2.75) is 26.3 Å². The summed E-state index contributed by atoms with van der Waals surface area (Å²) in [5, 5.41) is 3.30. The highest BCUT2D eigenvalue weighted by Crippen LogP contribution is 2.06. The summed E-state index contributed by atoms with van der Waals surface area (Å²) in [6, 6.07) is 0.724. The number of hydrogen-bond donors (Lipinski definition) is 1. The number of rotatable bonds is 2. The Morgan fingerprint density at radius 3 is 3.00 bits per heavy atom. The number of nitrogens with one attached hydrogen (secondary N) is 1. The van der Waals surface area contributed by atoms with Crippen LogP contribution in [0.2, 0.25) is 0 Å². The van der Waals surface area contributed by atoms with Crippen molar-refractivity contribution in [1.29, 1.82) is 0 Å². The van der Waals surface area contributed by atoms with E-state index in [0.29, 0.717) is 0 Å². The summed E-state index contributed by atoms with van der Waals surface area (Å²) >= 11 is 0. The fourth-order valence-electron chi connectivity index (χ4n) is 1.22. The molecule has 2 nitrogen and oxygen atoms in total. The van der Waals surface area contributed by atoms with Crippen LogP contribution in [0.3, 0.4) is 0 Å². The van der Waals surface area contributed by atoms with Crippen molar-refractivity contribution in [1.82, 2.24) is 10.2 Å². The first-order chi connectivity index (χ1) is 4.84. The molecular weight excluding hydrogens is 124 g/mol. The molecule has 59 valence electrons. The maximum Gasteiger partial charge on any atom is 0.0392 e. The molecule has 0 aromatic rings. The molecule has 1 saturated heterocycles. The molecule has 10 heavy (non-hydrogen) atoms. The zero-order valence-electron chi connectivity index (χ0n) is 6.93. The summed E-state index contributed by atoms with van der Waals surface area (Å²) in [5.74, 6) is 0. The highest BCUT2D eigenvalue weighted by Gasteiger charge is 2.14. The monoisotopic (exact) mass is 141 g/mol. The van der Waals surface area contributed by atoms with E-state index >= 15 is 0 Å². The van der Waals surface area contributed by atoms with Crippen molar-refractivity contribution < 1.29 is 0 Å². The van der Waals surface area contributed by atoms with Gasteiger partial charge in [0.05, 0.1) is 0 Å². The van der Waals surface area contributed by atoms with E-state index in [1.807, 2.05) is 0 Å². The van der Waals surface area contributed by atoms with Crippen molar-refractivity contribution in [2.75, 3.05) is 19.6 Å². The summed E-state index contributed by atoms with van der Waals surface area (Å²) in [6.07, 6.45) is 1.25. The molecule has 1 aliphatic heterocycles. The van der Waals surface area contributed by atoms with Gasteiger partial charge in [0.1, 0.15) is 0 Å². The van der Waals surface area contributed by atoms with E-state index in [4.69, 9.17) is 0 Å². The molecule has 1 fully saturated rings. The van der Waals surface area contributed by atoms with Gasteiger partial charge in [-0.15, -0.1) is 0 Å². The Hall–Kier alpha value is -0.0800. The Balaban J connectivity index is 2.24. The first kappa shape index (κ1) is 8.02. The molecule has 2 heteroatoms. The zero-order chi connectivity index (χ0) is 7.40. The van der Waals surface area contributed by atoms with Gasteiger partial charge in [-0.25, -0.2) is 0 Å². The van der Waals surface area contributed by atoms with Gasteiger partial charge in [0.2, 0.25) is 0 Å². The van der Waals surface area contributed by atoms with Crippen LogP contribution in [0, 0.1) is 6.54 Å². The Labute approximate surface area is 63.6 Å². The molecular formula is C8H17N2. The molecule has 0 aromatic carbocycles. The second-order valence-corrected chi connectivity index (χ2v) is 2.88. The van der Waals surface area contributed by atoms with E-state index in [9.17, 15) is 0 Å². The van der Waals surface area contributed by atoms with Crippen LogP contribution >= 0.6 is 0 Å². The molecule has 0 spiro atoms.